The molecule has 1 N–H and O–H groups in total. The molecule has 0 atom stereocenters. The molecule has 106 valence electrons. The predicted octanol–water partition coefficient (Wildman–Crippen LogP) is 2.81. The normalized spacial score (nSPS) is 10.4. The van der Waals surface area contributed by atoms with Crippen LogP contribution in [-0.2, 0) is 4.79 Å². The molecule has 2 heterocycles. The van der Waals surface area contributed by atoms with Crippen molar-refractivity contribution < 1.29 is 14.7 Å². The fourth-order valence-electron chi connectivity index (χ4n) is 1.74. The van der Waals surface area contributed by atoms with Gasteiger partial charge >= 0.3 is 5.97 Å². The lowest BCUT2D eigenvalue weighted by molar-refractivity contribution is -0.137. The second-order valence-electron chi connectivity index (χ2n) is 4.17. The maximum Gasteiger partial charge on any atom is 0.323 e. The van der Waals surface area contributed by atoms with Gasteiger partial charge in [0.25, 0.3) is 5.91 Å². The third kappa shape index (κ3) is 3.43. The summed E-state index contributed by atoms with van der Waals surface area (Å²) in [5.74, 6) is -1.34. The topological polar surface area (TPSA) is 70.5 Å². The molecular weight excluding hydrogens is 296 g/mol. The Morgan fingerprint density at radius 2 is 2.20 bits per heavy atom. The van der Waals surface area contributed by atoms with Gasteiger partial charge in [-0.05, 0) is 17.9 Å². The van der Waals surface area contributed by atoms with Crippen LogP contribution in [0.5, 0.6) is 0 Å². The van der Waals surface area contributed by atoms with Crippen LogP contribution in [0.3, 0.4) is 0 Å². The third-order valence-corrected chi connectivity index (χ3v) is 4.17. The minimum atomic E-state index is -1.01. The first-order chi connectivity index (χ1) is 9.61. The zero-order valence-corrected chi connectivity index (χ0v) is 12.5. The molecule has 2 aromatic heterocycles. The van der Waals surface area contributed by atoms with Crippen LogP contribution in [0, 0.1) is 0 Å². The quantitative estimate of drug-likeness (QED) is 0.890. The number of rotatable bonds is 6. The lowest BCUT2D eigenvalue weighted by atomic mass is 10.3. The highest BCUT2D eigenvalue weighted by molar-refractivity contribution is 7.14. The van der Waals surface area contributed by atoms with Gasteiger partial charge in [-0.2, -0.15) is 11.3 Å². The van der Waals surface area contributed by atoms with Gasteiger partial charge in [-0.25, -0.2) is 4.98 Å². The van der Waals surface area contributed by atoms with E-state index in [1.165, 1.54) is 16.2 Å². The van der Waals surface area contributed by atoms with Crippen molar-refractivity contribution in [1.82, 2.24) is 9.88 Å². The first-order valence-corrected chi connectivity index (χ1v) is 7.93. The van der Waals surface area contributed by atoms with Crippen molar-refractivity contribution in [2.24, 2.45) is 0 Å². The van der Waals surface area contributed by atoms with Gasteiger partial charge in [0.2, 0.25) is 0 Å². The molecule has 0 aliphatic rings. The van der Waals surface area contributed by atoms with Gasteiger partial charge < -0.3 is 10.0 Å². The van der Waals surface area contributed by atoms with Gasteiger partial charge in [0.15, 0.2) is 0 Å². The molecule has 20 heavy (non-hydrogen) atoms. The Morgan fingerprint density at radius 1 is 1.40 bits per heavy atom. The summed E-state index contributed by atoms with van der Waals surface area (Å²) in [6.45, 7) is 2.02. The number of hydrogen-bond donors (Lipinski definition) is 1. The van der Waals surface area contributed by atoms with Gasteiger partial charge in [-0.15, -0.1) is 11.3 Å². The Bertz CT molecular complexity index is 593. The van der Waals surface area contributed by atoms with Crippen molar-refractivity contribution in [3.05, 3.63) is 27.9 Å². The summed E-state index contributed by atoms with van der Waals surface area (Å²) in [4.78, 5) is 28.7. The van der Waals surface area contributed by atoms with E-state index in [0.717, 1.165) is 10.6 Å². The molecule has 0 unspecified atom stereocenters. The molecule has 5 nitrogen and oxygen atoms in total. The van der Waals surface area contributed by atoms with Gasteiger partial charge in [0, 0.05) is 22.9 Å². The maximum absolute atomic E-state index is 12.3. The number of carboxylic acids is 1. The van der Waals surface area contributed by atoms with Crippen LogP contribution in [-0.4, -0.2) is 40.0 Å². The molecular formula is C13H14N2O3S2. The summed E-state index contributed by atoms with van der Waals surface area (Å²) in [7, 11) is 0. The summed E-state index contributed by atoms with van der Waals surface area (Å²) >= 11 is 2.96. The minimum absolute atomic E-state index is 0.294. The number of amides is 1. The van der Waals surface area contributed by atoms with E-state index >= 15 is 0 Å². The fraction of sp³-hybridized carbons (Fsp3) is 0.308. The Hall–Kier alpha value is -1.73. The van der Waals surface area contributed by atoms with E-state index in [1.54, 1.807) is 16.7 Å². The Morgan fingerprint density at radius 3 is 2.80 bits per heavy atom. The Balaban J connectivity index is 2.17. The Kier molecular flexibility index (Phi) is 4.86. The summed E-state index contributed by atoms with van der Waals surface area (Å²) in [5, 5.41) is 15.2. The highest BCUT2D eigenvalue weighted by atomic mass is 32.1. The van der Waals surface area contributed by atoms with Crippen molar-refractivity contribution >= 4 is 34.6 Å². The monoisotopic (exact) mass is 310 g/mol. The number of aromatic nitrogens is 1. The lowest BCUT2D eigenvalue weighted by Crippen LogP contribution is -2.36. The zero-order chi connectivity index (χ0) is 14.5. The summed E-state index contributed by atoms with van der Waals surface area (Å²) in [5.41, 5.74) is 1.30. The van der Waals surface area contributed by atoms with Crippen LogP contribution in [0.25, 0.3) is 10.6 Å². The number of carbonyl (C=O) groups excluding carboxylic acids is 1. The molecule has 0 spiro atoms. The van der Waals surface area contributed by atoms with Crippen LogP contribution in [0.4, 0.5) is 0 Å². The number of thiazole rings is 1. The molecule has 0 aromatic carbocycles. The summed E-state index contributed by atoms with van der Waals surface area (Å²) in [6, 6.07) is 1.94. The van der Waals surface area contributed by atoms with E-state index in [4.69, 9.17) is 5.11 Å². The highest BCUT2D eigenvalue weighted by Gasteiger charge is 2.20. The zero-order valence-electron chi connectivity index (χ0n) is 10.9. The summed E-state index contributed by atoms with van der Waals surface area (Å²) in [6.07, 6.45) is 0.709. The molecule has 0 fully saturated rings. The van der Waals surface area contributed by atoms with Crippen molar-refractivity contribution in [2.45, 2.75) is 13.3 Å². The van der Waals surface area contributed by atoms with Gasteiger partial charge in [-0.3, -0.25) is 9.59 Å². The number of nitrogens with zero attached hydrogens (tertiary/aromatic N) is 2. The minimum Gasteiger partial charge on any atom is -0.480 e. The standard InChI is InChI=1S/C13H14N2O3S2/c1-2-4-15(6-11(16)17)13(18)10-8-20-12(14-10)9-3-5-19-7-9/h3,5,7-8H,2,4,6H2,1H3,(H,16,17). The van der Waals surface area contributed by atoms with Crippen molar-refractivity contribution in [3.8, 4) is 10.6 Å². The first-order valence-electron chi connectivity index (χ1n) is 6.11. The number of thiophene rings is 1. The average Bonchev–Trinajstić information content (AvgIpc) is 3.07. The fourth-order valence-corrected chi connectivity index (χ4v) is 3.24. The van der Waals surface area contributed by atoms with Crippen LogP contribution >= 0.6 is 22.7 Å². The second kappa shape index (κ2) is 6.62. The average molecular weight is 310 g/mol. The Labute approximate surface area is 124 Å². The van der Waals surface area contributed by atoms with Crippen molar-refractivity contribution in [3.63, 3.8) is 0 Å². The predicted molar refractivity (Wildman–Crippen MR) is 79.3 cm³/mol. The summed E-state index contributed by atoms with van der Waals surface area (Å²) < 4.78 is 0. The van der Waals surface area contributed by atoms with Crippen molar-refractivity contribution in [1.29, 1.82) is 0 Å². The molecule has 0 bridgehead atoms. The molecule has 0 radical (unpaired) electrons. The molecule has 0 saturated carbocycles. The SMILES string of the molecule is CCCN(CC(=O)O)C(=O)c1csc(-c2ccsc2)n1. The molecule has 0 saturated heterocycles. The number of aliphatic carboxylic acids is 1. The van der Waals surface area contributed by atoms with E-state index in [1.807, 2.05) is 23.8 Å². The van der Waals surface area contributed by atoms with Gasteiger partial charge in [-0.1, -0.05) is 6.92 Å². The smallest absolute Gasteiger partial charge is 0.323 e. The molecule has 2 aromatic rings. The van der Waals surface area contributed by atoms with E-state index in [0.29, 0.717) is 18.7 Å². The van der Waals surface area contributed by atoms with E-state index in [-0.39, 0.29) is 12.5 Å². The number of hydrogen-bond acceptors (Lipinski definition) is 5. The lowest BCUT2D eigenvalue weighted by Gasteiger charge is -2.18. The van der Waals surface area contributed by atoms with Gasteiger partial charge in [0.1, 0.15) is 17.2 Å². The largest absolute Gasteiger partial charge is 0.480 e. The molecule has 2 rings (SSSR count). The molecule has 7 heteroatoms. The maximum atomic E-state index is 12.3. The molecule has 0 aliphatic heterocycles. The van der Waals surface area contributed by atoms with E-state index in [9.17, 15) is 9.59 Å². The van der Waals surface area contributed by atoms with Crippen LogP contribution in [0.2, 0.25) is 0 Å². The van der Waals surface area contributed by atoms with E-state index in [2.05, 4.69) is 4.98 Å². The molecule has 0 aliphatic carbocycles. The van der Waals surface area contributed by atoms with E-state index < -0.39 is 5.97 Å². The highest BCUT2D eigenvalue weighted by Crippen LogP contribution is 2.26. The van der Waals surface area contributed by atoms with Crippen molar-refractivity contribution in [2.75, 3.05) is 13.1 Å². The van der Waals surface area contributed by atoms with Gasteiger partial charge in [0.05, 0.1) is 0 Å². The number of carboxylic acid groups (broad SMARTS) is 1. The number of carbonyl (C=O) groups is 2. The third-order valence-electron chi connectivity index (χ3n) is 2.60. The van der Waals surface area contributed by atoms with Crippen LogP contribution in [0.15, 0.2) is 22.2 Å². The second-order valence-corrected chi connectivity index (χ2v) is 5.81. The van der Waals surface area contributed by atoms with Crippen LogP contribution in [0.1, 0.15) is 23.8 Å². The van der Waals surface area contributed by atoms with Crippen LogP contribution < -0.4 is 0 Å². The first kappa shape index (κ1) is 14.7. The molecule has 1 amide bonds.